The van der Waals surface area contributed by atoms with Crippen molar-refractivity contribution in [1.82, 2.24) is 0 Å². The normalized spacial score (nSPS) is 21.6. The van der Waals surface area contributed by atoms with Gasteiger partial charge < -0.3 is 5.11 Å². The highest BCUT2D eigenvalue weighted by Gasteiger charge is 2.34. The Labute approximate surface area is 117 Å². The number of allylic oxidation sites excluding steroid dienone is 1. The minimum absolute atomic E-state index is 0.248. The molecule has 1 N–H and O–H groups in total. The third-order valence-corrected chi connectivity index (χ3v) is 4.63. The highest BCUT2D eigenvalue weighted by Crippen LogP contribution is 2.38. The van der Waals surface area contributed by atoms with Crippen molar-refractivity contribution in [3.05, 3.63) is 48.6 Å². The SMILES string of the molecule is C=C[C@H](C[C@@](C)(O)C1CCCCC1)c1ccccc1. The summed E-state index contributed by atoms with van der Waals surface area (Å²) in [7, 11) is 0. The number of hydrogen-bond acceptors (Lipinski definition) is 1. The van der Waals surface area contributed by atoms with Gasteiger partial charge in [0, 0.05) is 5.92 Å². The van der Waals surface area contributed by atoms with Crippen LogP contribution in [-0.2, 0) is 0 Å². The Balaban J connectivity index is 2.06. The van der Waals surface area contributed by atoms with Gasteiger partial charge in [-0.2, -0.15) is 0 Å². The maximum absolute atomic E-state index is 10.9. The lowest BCUT2D eigenvalue weighted by molar-refractivity contribution is -0.0261. The number of benzene rings is 1. The van der Waals surface area contributed by atoms with Gasteiger partial charge in [0.05, 0.1) is 5.60 Å². The van der Waals surface area contributed by atoms with Crippen LogP contribution in [0.5, 0.6) is 0 Å². The maximum Gasteiger partial charge on any atom is 0.0656 e. The van der Waals surface area contributed by atoms with Crippen LogP contribution in [0.2, 0.25) is 0 Å². The smallest absolute Gasteiger partial charge is 0.0656 e. The summed E-state index contributed by atoms with van der Waals surface area (Å²) in [5.41, 5.74) is 0.684. The van der Waals surface area contributed by atoms with Crippen molar-refractivity contribution >= 4 is 0 Å². The van der Waals surface area contributed by atoms with Gasteiger partial charge in [0.15, 0.2) is 0 Å². The Bertz CT molecular complexity index is 387. The second-order valence-electron chi connectivity index (χ2n) is 6.15. The zero-order valence-corrected chi connectivity index (χ0v) is 12.0. The van der Waals surface area contributed by atoms with Gasteiger partial charge in [-0.1, -0.05) is 55.7 Å². The molecule has 0 spiro atoms. The van der Waals surface area contributed by atoms with Gasteiger partial charge in [-0.15, -0.1) is 6.58 Å². The lowest BCUT2D eigenvalue weighted by atomic mass is 9.73. The predicted molar refractivity (Wildman–Crippen MR) is 81.2 cm³/mol. The second-order valence-corrected chi connectivity index (χ2v) is 6.15. The van der Waals surface area contributed by atoms with Crippen LogP contribution in [0.3, 0.4) is 0 Å². The van der Waals surface area contributed by atoms with Gasteiger partial charge in [0.2, 0.25) is 0 Å². The molecule has 0 aliphatic heterocycles. The van der Waals surface area contributed by atoms with E-state index in [1.807, 2.05) is 19.1 Å². The van der Waals surface area contributed by atoms with Crippen molar-refractivity contribution in [2.75, 3.05) is 0 Å². The molecule has 1 heteroatoms. The van der Waals surface area contributed by atoms with Gasteiger partial charge in [0.25, 0.3) is 0 Å². The van der Waals surface area contributed by atoms with E-state index in [1.54, 1.807) is 0 Å². The van der Waals surface area contributed by atoms with Gasteiger partial charge >= 0.3 is 0 Å². The maximum atomic E-state index is 10.9. The molecule has 2 atom stereocenters. The minimum Gasteiger partial charge on any atom is -0.390 e. The standard InChI is InChI=1S/C18H26O/c1-3-15(16-10-6-4-7-11-16)14-18(2,19)17-12-8-5-9-13-17/h3-4,6-7,10-11,15,17,19H,1,5,8-9,12-14H2,2H3/t15-,18-/m1/s1. The van der Waals surface area contributed by atoms with Crippen LogP contribution in [0.1, 0.15) is 56.9 Å². The molecule has 1 aliphatic carbocycles. The summed E-state index contributed by atoms with van der Waals surface area (Å²) < 4.78 is 0. The summed E-state index contributed by atoms with van der Waals surface area (Å²) in [6.07, 6.45) is 8.97. The molecule has 0 unspecified atom stereocenters. The summed E-state index contributed by atoms with van der Waals surface area (Å²) in [6.45, 7) is 5.97. The van der Waals surface area contributed by atoms with E-state index in [9.17, 15) is 5.11 Å². The minimum atomic E-state index is -0.574. The number of hydrogen-bond donors (Lipinski definition) is 1. The number of rotatable bonds is 5. The first-order valence-corrected chi connectivity index (χ1v) is 7.53. The molecular weight excluding hydrogens is 232 g/mol. The summed E-state index contributed by atoms with van der Waals surface area (Å²) >= 11 is 0. The van der Waals surface area contributed by atoms with E-state index in [0.717, 1.165) is 6.42 Å². The Morgan fingerprint density at radius 3 is 2.47 bits per heavy atom. The van der Waals surface area contributed by atoms with E-state index >= 15 is 0 Å². The molecule has 0 aromatic heterocycles. The molecule has 1 nitrogen and oxygen atoms in total. The Morgan fingerprint density at radius 2 is 1.89 bits per heavy atom. The third kappa shape index (κ3) is 3.70. The van der Waals surface area contributed by atoms with E-state index in [1.165, 1.54) is 37.7 Å². The molecule has 1 aromatic rings. The molecule has 0 radical (unpaired) electrons. The first-order chi connectivity index (χ1) is 9.13. The van der Waals surface area contributed by atoms with Crippen molar-refractivity contribution in [2.24, 2.45) is 5.92 Å². The molecule has 0 bridgehead atoms. The molecular formula is C18H26O. The van der Waals surface area contributed by atoms with Gasteiger partial charge in [0.1, 0.15) is 0 Å². The van der Waals surface area contributed by atoms with Crippen molar-refractivity contribution in [2.45, 2.75) is 57.0 Å². The van der Waals surface area contributed by atoms with Crippen LogP contribution in [0.25, 0.3) is 0 Å². The van der Waals surface area contributed by atoms with Crippen molar-refractivity contribution in [1.29, 1.82) is 0 Å². The average molecular weight is 258 g/mol. The zero-order valence-electron chi connectivity index (χ0n) is 12.0. The monoisotopic (exact) mass is 258 g/mol. The van der Waals surface area contributed by atoms with E-state index in [-0.39, 0.29) is 5.92 Å². The molecule has 2 rings (SSSR count). The van der Waals surface area contributed by atoms with E-state index < -0.39 is 5.60 Å². The first kappa shape index (κ1) is 14.3. The van der Waals surface area contributed by atoms with Gasteiger partial charge in [-0.3, -0.25) is 0 Å². The average Bonchev–Trinajstić information content (AvgIpc) is 2.47. The third-order valence-electron chi connectivity index (χ3n) is 4.63. The van der Waals surface area contributed by atoms with Gasteiger partial charge in [-0.05, 0) is 37.7 Å². The van der Waals surface area contributed by atoms with Crippen LogP contribution in [0, 0.1) is 5.92 Å². The molecule has 1 saturated carbocycles. The largest absolute Gasteiger partial charge is 0.390 e. The van der Waals surface area contributed by atoms with E-state index in [2.05, 4.69) is 30.8 Å². The van der Waals surface area contributed by atoms with Crippen LogP contribution in [0.15, 0.2) is 43.0 Å². The van der Waals surface area contributed by atoms with E-state index in [4.69, 9.17) is 0 Å². The Hall–Kier alpha value is -1.08. The van der Waals surface area contributed by atoms with E-state index in [0.29, 0.717) is 5.92 Å². The van der Waals surface area contributed by atoms with Gasteiger partial charge in [-0.25, -0.2) is 0 Å². The number of aliphatic hydroxyl groups is 1. The molecule has 0 amide bonds. The fraction of sp³-hybridized carbons (Fsp3) is 0.556. The summed E-state index contributed by atoms with van der Waals surface area (Å²) in [5.74, 6) is 0.700. The fourth-order valence-electron chi connectivity index (χ4n) is 3.37. The summed E-state index contributed by atoms with van der Waals surface area (Å²) in [5, 5.41) is 10.9. The zero-order chi connectivity index (χ0) is 13.7. The second kappa shape index (κ2) is 6.38. The fourth-order valence-corrected chi connectivity index (χ4v) is 3.37. The molecule has 19 heavy (non-hydrogen) atoms. The molecule has 1 fully saturated rings. The summed E-state index contributed by atoms with van der Waals surface area (Å²) in [6, 6.07) is 10.4. The van der Waals surface area contributed by atoms with Crippen LogP contribution in [0.4, 0.5) is 0 Å². The topological polar surface area (TPSA) is 20.2 Å². The Kier molecular flexibility index (Phi) is 4.81. The van der Waals surface area contributed by atoms with Crippen LogP contribution < -0.4 is 0 Å². The molecule has 104 valence electrons. The highest BCUT2D eigenvalue weighted by atomic mass is 16.3. The summed E-state index contributed by atoms with van der Waals surface area (Å²) in [4.78, 5) is 0. The first-order valence-electron chi connectivity index (χ1n) is 7.53. The Morgan fingerprint density at radius 1 is 1.26 bits per heavy atom. The predicted octanol–water partition coefficient (Wildman–Crippen LogP) is 4.68. The molecule has 0 heterocycles. The van der Waals surface area contributed by atoms with Crippen molar-refractivity contribution in [3.8, 4) is 0 Å². The lowest BCUT2D eigenvalue weighted by Crippen LogP contribution is -2.37. The van der Waals surface area contributed by atoms with Crippen molar-refractivity contribution < 1.29 is 5.11 Å². The van der Waals surface area contributed by atoms with Crippen LogP contribution in [-0.4, -0.2) is 10.7 Å². The van der Waals surface area contributed by atoms with Crippen molar-refractivity contribution in [3.63, 3.8) is 0 Å². The van der Waals surface area contributed by atoms with Crippen LogP contribution >= 0.6 is 0 Å². The highest BCUT2D eigenvalue weighted by molar-refractivity contribution is 5.23. The molecule has 1 aromatic carbocycles. The quantitative estimate of drug-likeness (QED) is 0.760. The lowest BCUT2D eigenvalue weighted by Gasteiger charge is -2.37. The molecule has 1 aliphatic rings. The molecule has 0 saturated heterocycles.